The lowest BCUT2D eigenvalue weighted by Crippen LogP contribution is -2.31. The molecule has 4 nitrogen and oxygen atoms in total. The zero-order chi connectivity index (χ0) is 14.7. The van der Waals surface area contributed by atoms with E-state index in [1.165, 1.54) is 25.7 Å². The Morgan fingerprint density at radius 3 is 2.19 bits per heavy atom. The molecule has 4 heteroatoms. The highest BCUT2D eigenvalue weighted by Crippen LogP contribution is 2.28. The molecule has 0 aromatic heterocycles. The van der Waals surface area contributed by atoms with Crippen molar-refractivity contribution in [2.75, 3.05) is 36.8 Å². The van der Waals surface area contributed by atoms with Crippen LogP contribution in [0.3, 0.4) is 0 Å². The lowest BCUT2D eigenvalue weighted by molar-refractivity contribution is 0.0793. The molecule has 1 amide bonds. The van der Waals surface area contributed by atoms with E-state index in [1.807, 2.05) is 23.1 Å². The molecule has 2 aliphatic rings. The van der Waals surface area contributed by atoms with E-state index in [4.69, 9.17) is 5.73 Å². The molecule has 2 saturated heterocycles. The third-order valence-corrected chi connectivity index (χ3v) is 4.59. The van der Waals surface area contributed by atoms with E-state index in [-0.39, 0.29) is 5.91 Å². The number of nitrogens with zero attached hydrogens (tertiary/aromatic N) is 2. The predicted octanol–water partition coefficient (Wildman–Crippen LogP) is 2.89. The number of nitrogens with two attached hydrogens (primary N) is 1. The number of carbonyl (C=O) groups excluding carboxylic acids is 1. The average molecular weight is 287 g/mol. The molecule has 114 valence electrons. The molecule has 0 saturated carbocycles. The molecule has 0 radical (unpaired) electrons. The number of benzene rings is 1. The number of hydrogen-bond donors (Lipinski definition) is 1. The maximum Gasteiger partial charge on any atom is 0.256 e. The van der Waals surface area contributed by atoms with Crippen molar-refractivity contribution in [2.24, 2.45) is 0 Å². The minimum absolute atomic E-state index is 0.152. The first-order valence-corrected chi connectivity index (χ1v) is 8.19. The first-order valence-electron chi connectivity index (χ1n) is 8.19. The molecular formula is C17H25N3O. The van der Waals surface area contributed by atoms with Crippen molar-refractivity contribution >= 4 is 17.3 Å². The van der Waals surface area contributed by atoms with E-state index in [0.717, 1.165) is 50.3 Å². The van der Waals surface area contributed by atoms with Crippen molar-refractivity contribution in [3.8, 4) is 0 Å². The smallest absolute Gasteiger partial charge is 0.256 e. The van der Waals surface area contributed by atoms with Crippen molar-refractivity contribution in [1.82, 2.24) is 4.90 Å². The van der Waals surface area contributed by atoms with Gasteiger partial charge in [0.15, 0.2) is 0 Å². The van der Waals surface area contributed by atoms with Gasteiger partial charge in [0.1, 0.15) is 0 Å². The van der Waals surface area contributed by atoms with Gasteiger partial charge in [0, 0.05) is 37.6 Å². The fraction of sp³-hybridized carbons (Fsp3) is 0.588. The summed E-state index contributed by atoms with van der Waals surface area (Å²) in [6.45, 7) is 3.86. The molecule has 0 atom stereocenters. The summed E-state index contributed by atoms with van der Waals surface area (Å²) in [7, 11) is 0. The van der Waals surface area contributed by atoms with Gasteiger partial charge in [-0.3, -0.25) is 4.79 Å². The standard InChI is InChI=1S/C17H25N3O/c18-14-7-8-16(19-9-3-1-2-4-10-19)15(13-14)17(21)20-11-5-6-12-20/h7-8,13H,1-6,9-12,18H2. The number of rotatable bonds is 2. The zero-order valence-electron chi connectivity index (χ0n) is 12.7. The summed E-state index contributed by atoms with van der Waals surface area (Å²) >= 11 is 0. The van der Waals surface area contributed by atoms with Gasteiger partial charge in [-0.25, -0.2) is 0 Å². The fourth-order valence-corrected chi connectivity index (χ4v) is 3.40. The first-order chi connectivity index (χ1) is 10.3. The van der Waals surface area contributed by atoms with E-state index in [1.54, 1.807) is 0 Å². The van der Waals surface area contributed by atoms with Crippen LogP contribution in [0.1, 0.15) is 48.9 Å². The number of carbonyl (C=O) groups is 1. The van der Waals surface area contributed by atoms with Gasteiger partial charge in [-0.1, -0.05) is 12.8 Å². The number of amides is 1. The maximum absolute atomic E-state index is 12.8. The number of anilines is 2. The molecule has 1 aromatic carbocycles. The number of nitrogen functional groups attached to an aromatic ring is 1. The fourth-order valence-electron chi connectivity index (χ4n) is 3.40. The van der Waals surface area contributed by atoms with Gasteiger partial charge >= 0.3 is 0 Å². The summed E-state index contributed by atoms with van der Waals surface area (Å²) in [5.41, 5.74) is 8.47. The molecule has 0 spiro atoms. The average Bonchev–Trinajstić information content (AvgIpc) is 2.90. The van der Waals surface area contributed by atoms with Crippen LogP contribution in [-0.4, -0.2) is 37.0 Å². The van der Waals surface area contributed by atoms with Crippen molar-refractivity contribution in [2.45, 2.75) is 38.5 Å². The molecular weight excluding hydrogens is 262 g/mol. The van der Waals surface area contributed by atoms with E-state index < -0.39 is 0 Å². The third-order valence-electron chi connectivity index (χ3n) is 4.59. The molecule has 1 aromatic rings. The second-order valence-corrected chi connectivity index (χ2v) is 6.18. The maximum atomic E-state index is 12.8. The highest BCUT2D eigenvalue weighted by Gasteiger charge is 2.24. The zero-order valence-corrected chi connectivity index (χ0v) is 12.7. The van der Waals surface area contributed by atoms with E-state index in [9.17, 15) is 4.79 Å². The Morgan fingerprint density at radius 2 is 1.52 bits per heavy atom. The summed E-state index contributed by atoms with van der Waals surface area (Å²) in [6, 6.07) is 5.81. The Labute approximate surface area is 126 Å². The van der Waals surface area contributed by atoms with Gasteiger partial charge < -0.3 is 15.5 Å². The second kappa shape index (κ2) is 6.37. The minimum atomic E-state index is 0.152. The summed E-state index contributed by atoms with van der Waals surface area (Å²) in [4.78, 5) is 17.1. The molecule has 0 unspecified atom stereocenters. The first kappa shape index (κ1) is 14.2. The Bertz CT molecular complexity index is 501. The van der Waals surface area contributed by atoms with Crippen LogP contribution in [0, 0.1) is 0 Å². The van der Waals surface area contributed by atoms with Gasteiger partial charge in [0.05, 0.1) is 5.56 Å². The van der Waals surface area contributed by atoms with Gasteiger partial charge in [0.2, 0.25) is 0 Å². The van der Waals surface area contributed by atoms with Crippen molar-refractivity contribution in [3.63, 3.8) is 0 Å². The molecule has 2 fully saturated rings. The molecule has 2 N–H and O–H groups in total. The van der Waals surface area contributed by atoms with Crippen molar-refractivity contribution < 1.29 is 4.79 Å². The van der Waals surface area contributed by atoms with Gasteiger partial charge in [-0.05, 0) is 43.9 Å². The summed E-state index contributed by atoms with van der Waals surface area (Å²) < 4.78 is 0. The minimum Gasteiger partial charge on any atom is -0.399 e. The second-order valence-electron chi connectivity index (χ2n) is 6.18. The topological polar surface area (TPSA) is 49.6 Å². The summed E-state index contributed by atoms with van der Waals surface area (Å²) in [6.07, 6.45) is 7.24. The van der Waals surface area contributed by atoms with Crippen LogP contribution in [-0.2, 0) is 0 Å². The molecule has 0 aliphatic carbocycles. The molecule has 0 bridgehead atoms. The van der Waals surface area contributed by atoms with Crippen molar-refractivity contribution in [1.29, 1.82) is 0 Å². The summed E-state index contributed by atoms with van der Waals surface area (Å²) in [5.74, 6) is 0.152. The highest BCUT2D eigenvalue weighted by molar-refractivity contribution is 6.00. The van der Waals surface area contributed by atoms with Crippen LogP contribution in [0.2, 0.25) is 0 Å². The monoisotopic (exact) mass is 287 g/mol. The number of likely N-dealkylation sites (tertiary alicyclic amines) is 1. The largest absolute Gasteiger partial charge is 0.399 e. The van der Waals surface area contributed by atoms with Crippen molar-refractivity contribution in [3.05, 3.63) is 23.8 Å². The molecule has 2 aliphatic heterocycles. The number of hydrogen-bond acceptors (Lipinski definition) is 3. The lowest BCUT2D eigenvalue weighted by atomic mass is 10.1. The van der Waals surface area contributed by atoms with Crippen LogP contribution in [0.25, 0.3) is 0 Å². The third kappa shape index (κ3) is 3.14. The van der Waals surface area contributed by atoms with Crippen LogP contribution < -0.4 is 10.6 Å². The van der Waals surface area contributed by atoms with Crippen LogP contribution >= 0.6 is 0 Å². The SMILES string of the molecule is Nc1ccc(N2CCCCCC2)c(C(=O)N2CCCC2)c1. The van der Waals surface area contributed by atoms with E-state index in [2.05, 4.69) is 4.90 Å². The lowest BCUT2D eigenvalue weighted by Gasteiger charge is -2.27. The van der Waals surface area contributed by atoms with Gasteiger partial charge in [0.25, 0.3) is 5.91 Å². The van der Waals surface area contributed by atoms with Gasteiger partial charge in [-0.2, -0.15) is 0 Å². The molecule has 21 heavy (non-hydrogen) atoms. The van der Waals surface area contributed by atoms with Crippen LogP contribution in [0.4, 0.5) is 11.4 Å². The Morgan fingerprint density at radius 1 is 0.905 bits per heavy atom. The highest BCUT2D eigenvalue weighted by atomic mass is 16.2. The Hall–Kier alpha value is -1.71. The molecule has 3 rings (SSSR count). The predicted molar refractivity (Wildman–Crippen MR) is 86.7 cm³/mol. The Balaban J connectivity index is 1.90. The van der Waals surface area contributed by atoms with E-state index >= 15 is 0 Å². The van der Waals surface area contributed by atoms with Crippen LogP contribution in [0.5, 0.6) is 0 Å². The van der Waals surface area contributed by atoms with E-state index in [0.29, 0.717) is 5.69 Å². The quantitative estimate of drug-likeness (QED) is 0.851. The van der Waals surface area contributed by atoms with Crippen LogP contribution in [0.15, 0.2) is 18.2 Å². The van der Waals surface area contributed by atoms with Gasteiger partial charge in [-0.15, -0.1) is 0 Å². The normalized spacial score (nSPS) is 19.6. The summed E-state index contributed by atoms with van der Waals surface area (Å²) in [5, 5.41) is 0. The Kier molecular flexibility index (Phi) is 4.32. The molecule has 2 heterocycles.